The normalized spacial score (nSPS) is 25.1. The number of likely N-dealkylation sites (tertiary alicyclic amines) is 2. The number of carbonyl (C=O) groups is 2. The first-order valence-electron chi connectivity index (χ1n) is 10.9. The number of carbonyl (C=O) groups excluding carboxylic acids is 2. The van der Waals surface area contributed by atoms with Gasteiger partial charge in [-0.1, -0.05) is 30.3 Å². The third-order valence-electron chi connectivity index (χ3n) is 5.81. The standard InChI is InChI=1S/C22H33N2O7P/c1-5-30-32(27,28)18-13-24(19(25)29-14-17-9-7-6-8-10-17)16-22(18)11-12-23(15-22)20(26)31-21(2,3)4/h6-10,18H,5,11-16H2,1-4H3,(H,27,28). The number of nitrogens with zero attached hydrogens (tertiary/aromatic N) is 2. The molecule has 10 heteroatoms. The number of hydrogen-bond donors (Lipinski definition) is 1. The molecule has 2 amide bonds. The Morgan fingerprint density at radius 2 is 1.81 bits per heavy atom. The van der Waals surface area contributed by atoms with Crippen molar-refractivity contribution in [2.24, 2.45) is 5.41 Å². The lowest BCUT2D eigenvalue weighted by atomic mass is 9.86. The monoisotopic (exact) mass is 468 g/mol. The molecule has 3 atom stereocenters. The average Bonchev–Trinajstić information content (AvgIpc) is 3.31. The van der Waals surface area contributed by atoms with E-state index in [4.69, 9.17) is 14.0 Å². The van der Waals surface area contributed by atoms with Crippen molar-refractivity contribution in [2.75, 3.05) is 32.8 Å². The highest BCUT2D eigenvalue weighted by Gasteiger charge is 2.59. The highest BCUT2D eigenvalue weighted by atomic mass is 31.2. The first-order chi connectivity index (χ1) is 15.0. The summed E-state index contributed by atoms with van der Waals surface area (Å²) in [5.74, 6) is 0. The fraction of sp³-hybridized carbons (Fsp3) is 0.636. The van der Waals surface area contributed by atoms with E-state index in [1.807, 2.05) is 30.3 Å². The van der Waals surface area contributed by atoms with E-state index in [9.17, 15) is 19.0 Å². The number of ether oxygens (including phenoxy) is 2. The molecule has 1 aromatic rings. The van der Waals surface area contributed by atoms with Gasteiger partial charge in [-0.15, -0.1) is 0 Å². The van der Waals surface area contributed by atoms with Gasteiger partial charge in [0.15, 0.2) is 0 Å². The molecular formula is C22H33N2O7P. The third kappa shape index (κ3) is 5.63. The summed E-state index contributed by atoms with van der Waals surface area (Å²) in [7, 11) is -4.03. The molecular weight excluding hydrogens is 435 g/mol. The topological polar surface area (TPSA) is 106 Å². The van der Waals surface area contributed by atoms with Crippen LogP contribution < -0.4 is 0 Å². The Morgan fingerprint density at radius 1 is 1.16 bits per heavy atom. The Labute approximate surface area is 189 Å². The lowest BCUT2D eigenvalue weighted by molar-refractivity contribution is 0.0273. The van der Waals surface area contributed by atoms with Crippen LogP contribution in [-0.4, -0.2) is 70.9 Å². The highest BCUT2D eigenvalue weighted by molar-refractivity contribution is 7.53. The summed E-state index contributed by atoms with van der Waals surface area (Å²) >= 11 is 0. The molecule has 9 nitrogen and oxygen atoms in total. The van der Waals surface area contributed by atoms with Crippen molar-refractivity contribution >= 4 is 19.8 Å². The summed E-state index contributed by atoms with van der Waals surface area (Å²) in [5, 5.41) is 0. The average molecular weight is 468 g/mol. The van der Waals surface area contributed by atoms with Crippen molar-refractivity contribution in [3.63, 3.8) is 0 Å². The summed E-state index contributed by atoms with van der Waals surface area (Å²) in [6, 6.07) is 9.31. The molecule has 0 bridgehead atoms. The van der Waals surface area contributed by atoms with Gasteiger partial charge < -0.3 is 28.7 Å². The van der Waals surface area contributed by atoms with E-state index in [2.05, 4.69) is 0 Å². The van der Waals surface area contributed by atoms with E-state index in [1.54, 1.807) is 32.6 Å². The fourth-order valence-corrected chi connectivity index (χ4v) is 6.34. The second kappa shape index (κ2) is 9.41. The molecule has 2 heterocycles. The van der Waals surface area contributed by atoms with E-state index in [1.165, 1.54) is 4.90 Å². The van der Waals surface area contributed by atoms with Crippen molar-refractivity contribution in [3.05, 3.63) is 35.9 Å². The van der Waals surface area contributed by atoms with Crippen molar-refractivity contribution in [2.45, 2.75) is 52.0 Å². The van der Waals surface area contributed by atoms with Crippen LogP contribution in [0.25, 0.3) is 0 Å². The predicted octanol–water partition coefficient (Wildman–Crippen LogP) is 3.86. The largest absolute Gasteiger partial charge is 0.445 e. The Balaban J connectivity index is 1.75. The van der Waals surface area contributed by atoms with Crippen LogP contribution in [0.2, 0.25) is 0 Å². The zero-order valence-corrected chi connectivity index (χ0v) is 20.0. The Bertz CT molecular complexity index is 873. The van der Waals surface area contributed by atoms with Gasteiger partial charge in [0, 0.05) is 31.6 Å². The molecule has 1 aromatic carbocycles. The summed E-state index contributed by atoms with van der Waals surface area (Å²) in [5.41, 5.74) is -1.37. The quantitative estimate of drug-likeness (QED) is 0.654. The molecule has 0 aromatic heterocycles. The van der Waals surface area contributed by atoms with Crippen LogP contribution in [0, 0.1) is 5.41 Å². The van der Waals surface area contributed by atoms with Gasteiger partial charge in [-0.2, -0.15) is 0 Å². The molecule has 0 radical (unpaired) electrons. The molecule has 2 saturated heterocycles. The van der Waals surface area contributed by atoms with Crippen molar-refractivity contribution in [1.29, 1.82) is 0 Å². The minimum Gasteiger partial charge on any atom is -0.445 e. The maximum absolute atomic E-state index is 13.1. The van der Waals surface area contributed by atoms with Gasteiger partial charge in [0.1, 0.15) is 12.2 Å². The van der Waals surface area contributed by atoms with Crippen LogP contribution in [0.1, 0.15) is 39.7 Å². The minimum absolute atomic E-state index is 0.0313. The first kappa shape index (κ1) is 24.6. The highest BCUT2D eigenvalue weighted by Crippen LogP contribution is 2.60. The third-order valence-corrected chi connectivity index (χ3v) is 7.94. The molecule has 2 aliphatic heterocycles. The van der Waals surface area contributed by atoms with Crippen LogP contribution in [0.3, 0.4) is 0 Å². The molecule has 3 rings (SSSR count). The van der Waals surface area contributed by atoms with Crippen LogP contribution in [0.15, 0.2) is 30.3 Å². The molecule has 2 fully saturated rings. The molecule has 2 aliphatic rings. The van der Waals surface area contributed by atoms with Crippen LogP contribution >= 0.6 is 7.60 Å². The lowest BCUT2D eigenvalue weighted by Crippen LogP contribution is -2.41. The van der Waals surface area contributed by atoms with E-state index in [-0.39, 0.29) is 32.8 Å². The Kier molecular flexibility index (Phi) is 7.22. The predicted molar refractivity (Wildman–Crippen MR) is 118 cm³/mol. The molecule has 1 N–H and O–H groups in total. The second-order valence-electron chi connectivity index (χ2n) is 9.43. The van der Waals surface area contributed by atoms with E-state index < -0.39 is 36.5 Å². The molecule has 178 valence electrons. The molecule has 32 heavy (non-hydrogen) atoms. The molecule has 3 unspecified atom stereocenters. The summed E-state index contributed by atoms with van der Waals surface area (Å²) in [6.45, 7) is 8.04. The number of benzene rings is 1. The summed E-state index contributed by atoms with van der Waals surface area (Å²) < 4.78 is 29.2. The zero-order valence-electron chi connectivity index (χ0n) is 19.2. The Hall–Kier alpha value is -2.09. The van der Waals surface area contributed by atoms with Crippen molar-refractivity contribution in [3.8, 4) is 0 Å². The van der Waals surface area contributed by atoms with E-state index in [0.717, 1.165) is 5.56 Å². The number of rotatable bonds is 5. The van der Waals surface area contributed by atoms with Gasteiger partial charge in [-0.05, 0) is 39.7 Å². The molecule has 0 aliphatic carbocycles. The first-order valence-corrected chi connectivity index (χ1v) is 12.5. The van der Waals surface area contributed by atoms with Crippen LogP contribution in [0.4, 0.5) is 9.59 Å². The van der Waals surface area contributed by atoms with Crippen LogP contribution in [-0.2, 0) is 25.2 Å². The van der Waals surface area contributed by atoms with E-state index in [0.29, 0.717) is 13.0 Å². The second-order valence-corrected chi connectivity index (χ2v) is 11.4. The number of amides is 2. The molecule has 0 saturated carbocycles. The fourth-order valence-electron chi connectivity index (χ4n) is 4.41. The van der Waals surface area contributed by atoms with Gasteiger partial charge >= 0.3 is 19.8 Å². The Morgan fingerprint density at radius 3 is 2.44 bits per heavy atom. The smallest absolute Gasteiger partial charge is 0.410 e. The van der Waals surface area contributed by atoms with Gasteiger partial charge in [-0.3, -0.25) is 4.57 Å². The van der Waals surface area contributed by atoms with Gasteiger partial charge in [0.05, 0.1) is 12.3 Å². The van der Waals surface area contributed by atoms with Gasteiger partial charge in [-0.25, -0.2) is 9.59 Å². The lowest BCUT2D eigenvalue weighted by Gasteiger charge is -2.32. The van der Waals surface area contributed by atoms with Crippen molar-refractivity contribution in [1.82, 2.24) is 9.80 Å². The van der Waals surface area contributed by atoms with Gasteiger partial charge in [0.25, 0.3) is 0 Å². The van der Waals surface area contributed by atoms with E-state index >= 15 is 0 Å². The zero-order chi connectivity index (χ0) is 23.6. The summed E-state index contributed by atoms with van der Waals surface area (Å²) in [4.78, 5) is 39.0. The van der Waals surface area contributed by atoms with Crippen molar-refractivity contribution < 1.29 is 33.0 Å². The SMILES string of the molecule is CCOP(=O)(O)C1CN(C(=O)OCc2ccccc2)CC12CCN(C(=O)OC(C)(C)C)C2. The molecule has 1 spiro atoms. The maximum Gasteiger partial charge on any atom is 0.410 e. The maximum atomic E-state index is 13.1. The number of hydrogen-bond acceptors (Lipinski definition) is 6. The summed E-state index contributed by atoms with van der Waals surface area (Å²) in [6.07, 6.45) is -0.554. The minimum atomic E-state index is -4.03. The van der Waals surface area contributed by atoms with Gasteiger partial charge in [0.2, 0.25) is 0 Å². The van der Waals surface area contributed by atoms with Crippen LogP contribution in [0.5, 0.6) is 0 Å².